The summed E-state index contributed by atoms with van der Waals surface area (Å²) >= 11 is 5.35. The molecule has 0 radical (unpaired) electrons. The molecule has 3 rings (SSSR count). The standard InChI is InChI=1S/C27H29N3O2S/c1-27(2,3)21-16-14-20(15-17-21)24(31)29-26(33)28-23-13-9-8-12-22(23)25(32)30(4)18-19-10-6-5-7-11-19/h5-17H,18H2,1-4H3,(H2,28,29,31,33). The van der Waals surface area contributed by atoms with Crippen molar-refractivity contribution in [3.8, 4) is 0 Å². The monoisotopic (exact) mass is 459 g/mol. The van der Waals surface area contributed by atoms with Crippen LogP contribution in [0.5, 0.6) is 0 Å². The zero-order valence-electron chi connectivity index (χ0n) is 19.4. The Morgan fingerprint density at radius 2 is 1.48 bits per heavy atom. The highest BCUT2D eigenvalue weighted by Crippen LogP contribution is 2.22. The lowest BCUT2D eigenvalue weighted by atomic mass is 9.87. The number of hydrogen-bond acceptors (Lipinski definition) is 3. The highest BCUT2D eigenvalue weighted by molar-refractivity contribution is 7.80. The van der Waals surface area contributed by atoms with Gasteiger partial charge >= 0.3 is 0 Å². The predicted octanol–water partition coefficient (Wildman–Crippen LogP) is 5.38. The first-order valence-corrected chi connectivity index (χ1v) is 11.2. The van der Waals surface area contributed by atoms with Crippen LogP contribution in [0, 0.1) is 0 Å². The van der Waals surface area contributed by atoms with Gasteiger partial charge in [-0.1, -0.05) is 75.4 Å². The number of thiocarbonyl (C=S) groups is 1. The molecule has 3 aromatic rings. The summed E-state index contributed by atoms with van der Waals surface area (Å²) in [5, 5.41) is 5.82. The number of anilines is 1. The second-order valence-corrected chi connectivity index (χ2v) is 9.34. The minimum atomic E-state index is -0.307. The van der Waals surface area contributed by atoms with Crippen LogP contribution in [0.25, 0.3) is 0 Å². The SMILES string of the molecule is CN(Cc1ccccc1)C(=O)c1ccccc1NC(=S)NC(=O)c1ccc(C(C)(C)C)cc1. The number of hydrogen-bond donors (Lipinski definition) is 2. The summed E-state index contributed by atoms with van der Waals surface area (Å²) in [6.07, 6.45) is 0. The molecule has 0 saturated heterocycles. The summed E-state index contributed by atoms with van der Waals surface area (Å²) in [4.78, 5) is 27.3. The van der Waals surface area contributed by atoms with E-state index < -0.39 is 0 Å². The van der Waals surface area contributed by atoms with E-state index in [0.29, 0.717) is 23.4 Å². The van der Waals surface area contributed by atoms with E-state index in [1.165, 1.54) is 0 Å². The molecular formula is C27H29N3O2S. The molecule has 2 N–H and O–H groups in total. The largest absolute Gasteiger partial charge is 0.337 e. The molecule has 33 heavy (non-hydrogen) atoms. The number of rotatable bonds is 5. The van der Waals surface area contributed by atoms with Gasteiger partial charge in [-0.3, -0.25) is 14.9 Å². The van der Waals surface area contributed by atoms with Gasteiger partial charge in [-0.2, -0.15) is 0 Å². The third-order valence-corrected chi connectivity index (χ3v) is 5.46. The second kappa shape index (κ2) is 10.4. The van der Waals surface area contributed by atoms with E-state index >= 15 is 0 Å². The number of nitrogens with zero attached hydrogens (tertiary/aromatic N) is 1. The Bertz CT molecular complexity index is 1140. The number of carbonyl (C=O) groups is 2. The highest BCUT2D eigenvalue weighted by Gasteiger charge is 2.18. The van der Waals surface area contributed by atoms with Gasteiger partial charge < -0.3 is 10.2 Å². The summed E-state index contributed by atoms with van der Waals surface area (Å²) in [6.45, 7) is 6.85. The van der Waals surface area contributed by atoms with Crippen molar-refractivity contribution in [3.63, 3.8) is 0 Å². The van der Waals surface area contributed by atoms with Gasteiger partial charge in [0.15, 0.2) is 5.11 Å². The molecule has 5 nitrogen and oxygen atoms in total. The first-order chi connectivity index (χ1) is 15.6. The maximum absolute atomic E-state index is 13.1. The molecule has 6 heteroatoms. The normalized spacial score (nSPS) is 10.9. The molecule has 0 saturated carbocycles. The Morgan fingerprint density at radius 1 is 0.879 bits per heavy atom. The molecule has 0 spiro atoms. The average molecular weight is 460 g/mol. The van der Waals surface area contributed by atoms with E-state index in [1.807, 2.05) is 48.5 Å². The van der Waals surface area contributed by atoms with E-state index in [0.717, 1.165) is 11.1 Å². The quantitative estimate of drug-likeness (QED) is 0.503. The van der Waals surface area contributed by atoms with Crippen molar-refractivity contribution in [2.24, 2.45) is 0 Å². The zero-order chi connectivity index (χ0) is 24.0. The van der Waals surface area contributed by atoms with Gasteiger partial charge in [0.05, 0.1) is 11.3 Å². The Kier molecular flexibility index (Phi) is 7.61. The third-order valence-electron chi connectivity index (χ3n) is 5.26. The number of amides is 2. The summed E-state index contributed by atoms with van der Waals surface area (Å²) in [7, 11) is 1.76. The van der Waals surface area contributed by atoms with E-state index in [1.54, 1.807) is 42.3 Å². The minimum absolute atomic E-state index is 0.00970. The lowest BCUT2D eigenvalue weighted by Gasteiger charge is -2.20. The lowest BCUT2D eigenvalue weighted by molar-refractivity contribution is 0.0786. The number of carbonyl (C=O) groups excluding carboxylic acids is 2. The van der Waals surface area contributed by atoms with Crippen LogP contribution >= 0.6 is 12.2 Å². The second-order valence-electron chi connectivity index (χ2n) is 8.93. The first kappa shape index (κ1) is 24.1. The van der Waals surface area contributed by atoms with Crippen LogP contribution in [0.2, 0.25) is 0 Å². The Labute approximate surface area is 200 Å². The molecule has 0 unspecified atom stereocenters. The van der Waals surface area contributed by atoms with Gasteiger partial charge in [0.2, 0.25) is 0 Å². The first-order valence-electron chi connectivity index (χ1n) is 10.8. The van der Waals surface area contributed by atoms with Crippen molar-refractivity contribution in [2.45, 2.75) is 32.7 Å². The van der Waals surface area contributed by atoms with Crippen LogP contribution in [-0.4, -0.2) is 28.9 Å². The van der Waals surface area contributed by atoms with Crippen LogP contribution in [-0.2, 0) is 12.0 Å². The molecule has 170 valence electrons. The Morgan fingerprint density at radius 3 is 2.12 bits per heavy atom. The lowest BCUT2D eigenvalue weighted by Crippen LogP contribution is -2.35. The number of benzene rings is 3. The average Bonchev–Trinajstić information content (AvgIpc) is 2.79. The summed E-state index contributed by atoms with van der Waals surface area (Å²) in [5.74, 6) is -0.452. The molecular weight excluding hydrogens is 430 g/mol. The maximum atomic E-state index is 13.1. The fourth-order valence-electron chi connectivity index (χ4n) is 3.36. The van der Waals surface area contributed by atoms with Crippen molar-refractivity contribution in [3.05, 3.63) is 101 Å². The fraction of sp³-hybridized carbons (Fsp3) is 0.222. The van der Waals surface area contributed by atoms with Crippen LogP contribution < -0.4 is 10.6 Å². The molecule has 3 aromatic carbocycles. The van der Waals surface area contributed by atoms with Crippen LogP contribution in [0.3, 0.4) is 0 Å². The van der Waals surface area contributed by atoms with Crippen molar-refractivity contribution in [1.29, 1.82) is 0 Å². The summed E-state index contributed by atoms with van der Waals surface area (Å²) in [5.41, 5.74) is 3.72. The molecule has 0 aliphatic heterocycles. The van der Waals surface area contributed by atoms with Crippen molar-refractivity contribution >= 4 is 34.8 Å². The summed E-state index contributed by atoms with van der Waals surface area (Å²) in [6, 6.07) is 24.4. The van der Waals surface area contributed by atoms with Gasteiger partial charge in [0, 0.05) is 19.2 Å². The smallest absolute Gasteiger partial charge is 0.257 e. The Hall–Kier alpha value is -3.51. The topological polar surface area (TPSA) is 61.4 Å². The van der Waals surface area contributed by atoms with E-state index in [4.69, 9.17) is 12.2 Å². The van der Waals surface area contributed by atoms with Crippen LogP contribution in [0.4, 0.5) is 5.69 Å². The molecule has 0 atom stereocenters. The van der Waals surface area contributed by atoms with Gasteiger partial charge in [0.1, 0.15) is 0 Å². The Balaban J connectivity index is 1.66. The van der Waals surface area contributed by atoms with Gasteiger partial charge in [0.25, 0.3) is 11.8 Å². The predicted molar refractivity (Wildman–Crippen MR) is 138 cm³/mol. The van der Waals surface area contributed by atoms with E-state index in [9.17, 15) is 9.59 Å². The van der Waals surface area contributed by atoms with Crippen molar-refractivity contribution < 1.29 is 9.59 Å². The molecule has 0 aliphatic rings. The zero-order valence-corrected chi connectivity index (χ0v) is 20.2. The molecule has 0 aromatic heterocycles. The van der Waals surface area contributed by atoms with E-state index in [-0.39, 0.29) is 22.3 Å². The number of para-hydroxylation sites is 1. The molecule has 0 bridgehead atoms. The highest BCUT2D eigenvalue weighted by atomic mass is 32.1. The molecule has 2 amide bonds. The maximum Gasteiger partial charge on any atom is 0.257 e. The summed E-state index contributed by atoms with van der Waals surface area (Å²) < 4.78 is 0. The van der Waals surface area contributed by atoms with Crippen LogP contribution in [0.15, 0.2) is 78.9 Å². The van der Waals surface area contributed by atoms with Crippen LogP contribution in [0.1, 0.15) is 52.6 Å². The molecule has 0 heterocycles. The van der Waals surface area contributed by atoms with E-state index in [2.05, 4.69) is 31.4 Å². The minimum Gasteiger partial charge on any atom is -0.337 e. The van der Waals surface area contributed by atoms with Gasteiger partial charge in [-0.25, -0.2) is 0 Å². The van der Waals surface area contributed by atoms with Crippen molar-refractivity contribution in [1.82, 2.24) is 10.2 Å². The van der Waals surface area contributed by atoms with Crippen molar-refractivity contribution in [2.75, 3.05) is 12.4 Å². The fourth-order valence-corrected chi connectivity index (χ4v) is 3.57. The van der Waals surface area contributed by atoms with Gasteiger partial charge in [-0.15, -0.1) is 0 Å². The third kappa shape index (κ3) is 6.49. The molecule has 0 aliphatic carbocycles. The molecule has 0 fully saturated rings. The van der Waals surface area contributed by atoms with Gasteiger partial charge in [-0.05, 0) is 53.0 Å². The number of nitrogens with one attached hydrogen (secondary N) is 2.